The number of hydrogen-bond acceptors (Lipinski definition) is 4. The van der Waals surface area contributed by atoms with Crippen molar-refractivity contribution >= 4 is 22.4 Å². The Balaban J connectivity index is 2.04. The molecule has 2 aromatic rings. The minimum atomic E-state index is -1.50. The minimum Gasteiger partial charge on any atom is -0.467 e. The first kappa shape index (κ1) is 15.3. The van der Waals surface area contributed by atoms with E-state index in [1.807, 2.05) is 13.0 Å². The molecule has 0 aliphatic carbocycles. The lowest BCUT2D eigenvalue weighted by atomic mass is 10.2. The fourth-order valence-corrected chi connectivity index (χ4v) is 3.10. The van der Waals surface area contributed by atoms with E-state index in [0.29, 0.717) is 16.3 Å². The van der Waals surface area contributed by atoms with Gasteiger partial charge in [0.2, 0.25) is 5.91 Å². The predicted octanol–water partition coefficient (Wildman–Crippen LogP) is 1.98. The van der Waals surface area contributed by atoms with Gasteiger partial charge in [0.15, 0.2) is 0 Å². The van der Waals surface area contributed by atoms with Gasteiger partial charge in [0.25, 0.3) is 0 Å². The fourth-order valence-electron chi connectivity index (χ4n) is 1.83. The molecule has 0 saturated heterocycles. The molecule has 0 spiro atoms. The van der Waals surface area contributed by atoms with Crippen LogP contribution in [0, 0.1) is 6.92 Å². The Morgan fingerprint density at radius 3 is 2.86 bits per heavy atom. The van der Waals surface area contributed by atoms with Crippen molar-refractivity contribution in [3.8, 4) is 0 Å². The first-order valence-electron chi connectivity index (χ1n) is 6.56. The summed E-state index contributed by atoms with van der Waals surface area (Å²) in [6, 6.07) is 8.81. The van der Waals surface area contributed by atoms with E-state index in [1.54, 1.807) is 31.2 Å². The number of hydrogen-bond donors (Lipinski definition) is 2. The highest BCUT2D eigenvalue weighted by molar-refractivity contribution is 7.86. The number of nitrogens with one attached hydrogen (secondary N) is 1. The van der Waals surface area contributed by atoms with Gasteiger partial charge >= 0.3 is 0 Å². The standard InChI is InChI=1S/C15H18N2O3S/c1-10-5-6-13(16)14(8-10)21(19)11(2)15(18)17-9-12-4-3-7-20-12/h3-8,11H,9,16H2,1-2H3,(H,17,18). The number of amides is 1. The van der Waals surface area contributed by atoms with Crippen LogP contribution in [-0.2, 0) is 22.1 Å². The maximum Gasteiger partial charge on any atom is 0.236 e. The first-order chi connectivity index (χ1) is 9.99. The van der Waals surface area contributed by atoms with Crippen LogP contribution < -0.4 is 11.1 Å². The van der Waals surface area contributed by atoms with Crippen molar-refractivity contribution in [1.82, 2.24) is 5.32 Å². The summed E-state index contributed by atoms with van der Waals surface area (Å²) in [5.74, 6) is 0.349. The smallest absolute Gasteiger partial charge is 0.236 e. The molecule has 1 aromatic carbocycles. The molecule has 0 radical (unpaired) electrons. The summed E-state index contributed by atoms with van der Waals surface area (Å²) in [7, 11) is -1.50. The molecule has 21 heavy (non-hydrogen) atoms. The number of nitrogens with two attached hydrogens (primary N) is 1. The lowest BCUT2D eigenvalue weighted by Gasteiger charge is -2.13. The second kappa shape index (κ2) is 6.58. The van der Waals surface area contributed by atoms with E-state index in [2.05, 4.69) is 5.32 Å². The average molecular weight is 306 g/mol. The molecule has 0 saturated carbocycles. The van der Waals surface area contributed by atoms with Gasteiger partial charge < -0.3 is 15.5 Å². The van der Waals surface area contributed by atoms with Gasteiger partial charge in [0.1, 0.15) is 11.0 Å². The molecule has 0 aliphatic rings. The number of carbonyl (C=O) groups excluding carboxylic acids is 1. The van der Waals surface area contributed by atoms with E-state index in [9.17, 15) is 9.00 Å². The van der Waals surface area contributed by atoms with Crippen LogP contribution in [0.2, 0.25) is 0 Å². The van der Waals surface area contributed by atoms with Crippen molar-refractivity contribution in [2.24, 2.45) is 0 Å². The topological polar surface area (TPSA) is 85.3 Å². The van der Waals surface area contributed by atoms with Crippen LogP contribution in [0.5, 0.6) is 0 Å². The van der Waals surface area contributed by atoms with Crippen LogP contribution in [0.15, 0.2) is 45.9 Å². The zero-order chi connectivity index (χ0) is 15.4. The lowest BCUT2D eigenvalue weighted by Crippen LogP contribution is -2.35. The molecule has 2 unspecified atom stereocenters. The summed E-state index contributed by atoms with van der Waals surface area (Å²) in [5, 5.41) is 2.01. The Labute approximate surface area is 126 Å². The Kier molecular flexibility index (Phi) is 4.80. The first-order valence-corrected chi connectivity index (χ1v) is 7.77. The van der Waals surface area contributed by atoms with Crippen molar-refractivity contribution in [3.63, 3.8) is 0 Å². The summed E-state index contributed by atoms with van der Waals surface area (Å²) in [4.78, 5) is 12.6. The molecule has 0 fully saturated rings. The number of aryl methyl sites for hydroxylation is 1. The van der Waals surface area contributed by atoms with E-state index in [1.165, 1.54) is 6.26 Å². The van der Waals surface area contributed by atoms with E-state index >= 15 is 0 Å². The molecule has 0 bridgehead atoms. The zero-order valence-corrected chi connectivity index (χ0v) is 12.8. The Morgan fingerprint density at radius 2 is 2.19 bits per heavy atom. The number of benzene rings is 1. The van der Waals surface area contributed by atoms with Gasteiger partial charge in [0.05, 0.1) is 28.5 Å². The second-order valence-electron chi connectivity index (χ2n) is 4.78. The molecule has 2 atom stereocenters. The van der Waals surface area contributed by atoms with Gasteiger partial charge in [-0.05, 0) is 43.7 Å². The van der Waals surface area contributed by atoms with E-state index in [4.69, 9.17) is 10.2 Å². The predicted molar refractivity (Wildman–Crippen MR) is 82.0 cm³/mol. The van der Waals surface area contributed by atoms with Gasteiger partial charge in [-0.1, -0.05) is 6.07 Å². The van der Waals surface area contributed by atoms with Gasteiger partial charge in [-0.3, -0.25) is 9.00 Å². The molecule has 112 valence electrons. The van der Waals surface area contributed by atoms with Crippen LogP contribution in [0.4, 0.5) is 5.69 Å². The third-order valence-electron chi connectivity index (χ3n) is 3.09. The number of furan rings is 1. The SMILES string of the molecule is Cc1ccc(N)c(S(=O)C(C)C(=O)NCc2ccco2)c1. The van der Waals surface area contributed by atoms with Crippen molar-refractivity contribution in [1.29, 1.82) is 0 Å². The molecule has 6 heteroatoms. The highest BCUT2D eigenvalue weighted by Crippen LogP contribution is 2.20. The Bertz CT molecular complexity index is 653. The highest BCUT2D eigenvalue weighted by atomic mass is 32.2. The molecule has 3 N–H and O–H groups in total. The van der Waals surface area contributed by atoms with Crippen molar-refractivity contribution in [3.05, 3.63) is 47.9 Å². The van der Waals surface area contributed by atoms with E-state index < -0.39 is 16.0 Å². The van der Waals surface area contributed by atoms with Crippen molar-refractivity contribution in [2.45, 2.75) is 30.5 Å². The Hall–Kier alpha value is -2.08. The third kappa shape index (κ3) is 3.72. The number of rotatable bonds is 5. The summed E-state index contributed by atoms with van der Waals surface area (Å²) in [6.45, 7) is 3.79. The second-order valence-corrected chi connectivity index (χ2v) is 6.52. The summed E-state index contributed by atoms with van der Waals surface area (Å²) in [6.07, 6.45) is 1.54. The van der Waals surface area contributed by atoms with Gasteiger partial charge in [0, 0.05) is 5.69 Å². The molecular weight excluding hydrogens is 288 g/mol. The monoisotopic (exact) mass is 306 g/mol. The molecular formula is C15H18N2O3S. The van der Waals surface area contributed by atoms with Crippen LogP contribution in [-0.4, -0.2) is 15.4 Å². The van der Waals surface area contributed by atoms with Crippen LogP contribution in [0.3, 0.4) is 0 Å². The third-order valence-corrected chi connectivity index (χ3v) is 4.74. The van der Waals surface area contributed by atoms with E-state index in [-0.39, 0.29) is 12.5 Å². The molecule has 0 aliphatic heterocycles. The van der Waals surface area contributed by atoms with Gasteiger partial charge in [-0.2, -0.15) is 0 Å². The molecule has 2 rings (SSSR count). The number of carbonyl (C=O) groups is 1. The molecule has 1 heterocycles. The normalized spacial score (nSPS) is 13.6. The fraction of sp³-hybridized carbons (Fsp3) is 0.267. The minimum absolute atomic E-state index is 0.274. The van der Waals surface area contributed by atoms with E-state index in [0.717, 1.165) is 5.56 Å². The molecule has 1 aromatic heterocycles. The summed E-state index contributed by atoms with van der Waals surface area (Å²) >= 11 is 0. The Morgan fingerprint density at radius 1 is 1.43 bits per heavy atom. The lowest BCUT2D eigenvalue weighted by molar-refractivity contribution is -0.120. The van der Waals surface area contributed by atoms with Crippen LogP contribution in [0.1, 0.15) is 18.2 Å². The van der Waals surface area contributed by atoms with Crippen molar-refractivity contribution < 1.29 is 13.4 Å². The van der Waals surface area contributed by atoms with Gasteiger partial charge in [-0.25, -0.2) is 0 Å². The largest absolute Gasteiger partial charge is 0.467 e. The van der Waals surface area contributed by atoms with Crippen molar-refractivity contribution in [2.75, 3.05) is 5.73 Å². The summed E-state index contributed by atoms with van der Waals surface area (Å²) < 4.78 is 17.6. The summed E-state index contributed by atoms with van der Waals surface area (Å²) in [5.41, 5.74) is 7.23. The average Bonchev–Trinajstić information content (AvgIpc) is 2.99. The zero-order valence-electron chi connectivity index (χ0n) is 12.0. The maximum absolute atomic E-state index is 12.5. The van der Waals surface area contributed by atoms with Gasteiger partial charge in [-0.15, -0.1) is 0 Å². The maximum atomic E-state index is 12.5. The van der Waals surface area contributed by atoms with Crippen LogP contribution in [0.25, 0.3) is 0 Å². The van der Waals surface area contributed by atoms with Crippen LogP contribution >= 0.6 is 0 Å². The quantitative estimate of drug-likeness (QED) is 0.827. The number of nitrogen functional groups attached to an aromatic ring is 1. The highest BCUT2D eigenvalue weighted by Gasteiger charge is 2.23. The molecule has 1 amide bonds. The molecule has 5 nitrogen and oxygen atoms in total. The number of anilines is 1.